The molecule has 0 aliphatic rings. The second-order valence-electron chi connectivity index (χ2n) is 4.28. The number of nitrogens with two attached hydrogens (primary N) is 1. The minimum Gasteiger partial charge on any atom is -0.516 e. The second-order valence-corrected chi connectivity index (χ2v) is 8.71. The summed E-state index contributed by atoms with van der Waals surface area (Å²) in [7, 11) is -1.95. The Hall–Kier alpha value is -1.49. The fraction of sp³-hybridized carbons (Fsp3) is 0.364. The van der Waals surface area contributed by atoms with Gasteiger partial charge in [-0.25, -0.2) is 4.79 Å². The predicted octanol–water partition coefficient (Wildman–Crippen LogP) is 2.36. The second kappa shape index (κ2) is 4.57. The molecular formula is C11H17NO3Si. The lowest BCUT2D eigenvalue weighted by Crippen LogP contribution is -2.32. The molecule has 0 unspecified atom stereocenters. The van der Waals surface area contributed by atoms with E-state index in [1.807, 2.05) is 20.0 Å². The number of phenols is 1. The summed E-state index contributed by atoms with van der Waals surface area (Å²) in [4.78, 5) is 11.8. The molecule has 1 rings (SSSR count). The molecule has 16 heavy (non-hydrogen) atoms. The van der Waals surface area contributed by atoms with Crippen LogP contribution in [0.5, 0.6) is 5.75 Å². The van der Waals surface area contributed by atoms with Crippen LogP contribution in [-0.4, -0.2) is 19.4 Å². The third kappa shape index (κ3) is 3.00. The van der Waals surface area contributed by atoms with Gasteiger partial charge >= 0.3 is 5.97 Å². The van der Waals surface area contributed by atoms with Crippen molar-refractivity contribution >= 4 is 20.0 Å². The number of benzene rings is 1. The Bertz CT molecular complexity index is 404. The molecule has 0 saturated heterocycles. The minimum atomic E-state index is -1.95. The van der Waals surface area contributed by atoms with Crippen LogP contribution in [0, 0.1) is 0 Å². The first-order valence-electron chi connectivity index (χ1n) is 5.17. The van der Waals surface area contributed by atoms with Crippen molar-refractivity contribution in [3.8, 4) is 5.75 Å². The maximum atomic E-state index is 11.8. The molecule has 4 nitrogen and oxygen atoms in total. The zero-order valence-corrected chi connectivity index (χ0v) is 10.8. The van der Waals surface area contributed by atoms with Crippen LogP contribution in [-0.2, 0) is 4.43 Å². The Kier molecular flexibility index (Phi) is 3.59. The van der Waals surface area contributed by atoms with E-state index in [9.17, 15) is 9.90 Å². The molecule has 0 amide bonds. The van der Waals surface area contributed by atoms with Crippen LogP contribution in [0.3, 0.4) is 0 Å². The third-order valence-corrected chi connectivity index (χ3v) is 4.90. The van der Waals surface area contributed by atoms with Gasteiger partial charge in [0.2, 0.25) is 8.32 Å². The van der Waals surface area contributed by atoms with Gasteiger partial charge in [0.05, 0.1) is 0 Å². The van der Waals surface area contributed by atoms with Gasteiger partial charge in [0, 0.05) is 11.8 Å². The van der Waals surface area contributed by atoms with E-state index in [0.29, 0.717) is 5.69 Å². The molecular weight excluding hydrogens is 222 g/mol. The summed E-state index contributed by atoms with van der Waals surface area (Å²) in [5.41, 5.74) is 6.06. The van der Waals surface area contributed by atoms with Crippen LogP contribution < -0.4 is 5.73 Å². The van der Waals surface area contributed by atoms with E-state index in [4.69, 9.17) is 10.2 Å². The van der Waals surface area contributed by atoms with Gasteiger partial charge in [-0.05, 0) is 31.3 Å². The maximum Gasteiger partial charge on any atom is 0.328 e. The van der Waals surface area contributed by atoms with E-state index in [-0.39, 0.29) is 11.3 Å². The predicted molar refractivity (Wildman–Crippen MR) is 65.9 cm³/mol. The molecule has 3 N–H and O–H groups in total. The summed E-state index contributed by atoms with van der Waals surface area (Å²) < 4.78 is 5.39. The molecule has 1 aromatic carbocycles. The molecule has 0 atom stereocenters. The first-order chi connectivity index (χ1) is 7.35. The van der Waals surface area contributed by atoms with Gasteiger partial charge in [-0.3, -0.25) is 0 Å². The van der Waals surface area contributed by atoms with Crippen molar-refractivity contribution in [1.29, 1.82) is 0 Å². The van der Waals surface area contributed by atoms with Gasteiger partial charge in [-0.1, -0.05) is 6.92 Å². The van der Waals surface area contributed by atoms with Crippen LogP contribution >= 0.6 is 0 Å². The summed E-state index contributed by atoms with van der Waals surface area (Å²) in [6.07, 6.45) is 0. The molecule has 0 heterocycles. The Morgan fingerprint density at radius 3 is 2.62 bits per heavy atom. The van der Waals surface area contributed by atoms with Crippen molar-refractivity contribution < 1.29 is 14.3 Å². The number of anilines is 1. The molecule has 5 heteroatoms. The lowest BCUT2D eigenvalue weighted by atomic mass is 10.2. The van der Waals surface area contributed by atoms with Crippen molar-refractivity contribution in [3.05, 3.63) is 23.8 Å². The van der Waals surface area contributed by atoms with Crippen LogP contribution in [0.4, 0.5) is 5.69 Å². The highest BCUT2D eigenvalue weighted by molar-refractivity contribution is 6.72. The van der Waals surface area contributed by atoms with Crippen LogP contribution in [0.1, 0.15) is 17.3 Å². The molecule has 0 aliphatic carbocycles. The number of phenolic OH excluding ortho intramolecular Hbond substituents is 1. The summed E-state index contributed by atoms with van der Waals surface area (Å²) in [6.45, 7) is 5.90. The lowest BCUT2D eigenvalue weighted by Gasteiger charge is -2.21. The van der Waals surface area contributed by atoms with Crippen molar-refractivity contribution in [2.45, 2.75) is 26.1 Å². The van der Waals surface area contributed by atoms with Gasteiger partial charge in [0.25, 0.3) is 0 Å². The standard InChI is InChI=1S/C11H17NO3Si/c1-4-16(2,3)15-11(14)9-6-5-8(12)7-10(9)13/h5-7,13H,4,12H2,1-3H3. The summed E-state index contributed by atoms with van der Waals surface area (Å²) in [5.74, 6) is -0.609. The van der Waals surface area contributed by atoms with E-state index in [2.05, 4.69) is 0 Å². The monoisotopic (exact) mass is 239 g/mol. The fourth-order valence-electron chi connectivity index (χ4n) is 1.10. The van der Waals surface area contributed by atoms with Gasteiger partial charge < -0.3 is 15.3 Å². The Morgan fingerprint density at radius 2 is 2.12 bits per heavy atom. The molecule has 0 aromatic heterocycles. The highest BCUT2D eigenvalue weighted by Crippen LogP contribution is 2.23. The number of hydrogen-bond donors (Lipinski definition) is 2. The van der Waals surface area contributed by atoms with Crippen molar-refractivity contribution in [3.63, 3.8) is 0 Å². The number of carbonyl (C=O) groups is 1. The third-order valence-electron chi connectivity index (χ3n) is 2.46. The zero-order valence-electron chi connectivity index (χ0n) is 9.78. The summed E-state index contributed by atoms with van der Waals surface area (Å²) >= 11 is 0. The number of rotatable bonds is 3. The van der Waals surface area contributed by atoms with Crippen molar-refractivity contribution in [2.75, 3.05) is 5.73 Å². The minimum absolute atomic E-state index is 0.133. The first-order valence-corrected chi connectivity index (χ1v) is 8.29. The van der Waals surface area contributed by atoms with Crippen LogP contribution in [0.15, 0.2) is 18.2 Å². The number of nitrogen functional groups attached to an aromatic ring is 1. The van der Waals surface area contributed by atoms with E-state index < -0.39 is 14.3 Å². The Balaban J connectivity index is 2.89. The van der Waals surface area contributed by atoms with Gasteiger partial charge in [-0.2, -0.15) is 0 Å². The molecule has 0 aliphatic heterocycles. The fourth-order valence-corrected chi connectivity index (χ4v) is 1.86. The zero-order chi connectivity index (χ0) is 12.3. The summed E-state index contributed by atoms with van der Waals surface area (Å²) in [5, 5.41) is 9.57. The van der Waals surface area contributed by atoms with E-state index >= 15 is 0 Å². The highest BCUT2D eigenvalue weighted by atomic mass is 28.4. The molecule has 0 fully saturated rings. The van der Waals surface area contributed by atoms with Gasteiger partial charge in [-0.15, -0.1) is 0 Å². The van der Waals surface area contributed by atoms with Crippen LogP contribution in [0.2, 0.25) is 19.1 Å². The van der Waals surface area contributed by atoms with Gasteiger partial charge in [0.15, 0.2) is 0 Å². The Labute approximate surface area is 96.2 Å². The van der Waals surface area contributed by atoms with Crippen molar-refractivity contribution in [2.24, 2.45) is 0 Å². The largest absolute Gasteiger partial charge is 0.516 e. The quantitative estimate of drug-likeness (QED) is 0.627. The number of aromatic hydroxyl groups is 1. The van der Waals surface area contributed by atoms with Gasteiger partial charge in [0.1, 0.15) is 11.3 Å². The Morgan fingerprint density at radius 1 is 1.50 bits per heavy atom. The van der Waals surface area contributed by atoms with Crippen molar-refractivity contribution in [1.82, 2.24) is 0 Å². The average molecular weight is 239 g/mol. The molecule has 0 radical (unpaired) electrons. The molecule has 1 aromatic rings. The first kappa shape index (κ1) is 12.6. The molecule has 88 valence electrons. The maximum absolute atomic E-state index is 11.8. The normalized spacial score (nSPS) is 11.2. The number of hydrogen-bond acceptors (Lipinski definition) is 4. The SMILES string of the molecule is CC[Si](C)(C)OC(=O)c1ccc(N)cc1O. The summed E-state index contributed by atoms with van der Waals surface area (Å²) in [6, 6.07) is 5.23. The molecule has 0 spiro atoms. The lowest BCUT2D eigenvalue weighted by molar-refractivity contribution is 0.0719. The number of carbonyl (C=O) groups excluding carboxylic acids is 1. The van der Waals surface area contributed by atoms with E-state index in [1.165, 1.54) is 12.1 Å². The van der Waals surface area contributed by atoms with Crippen LogP contribution in [0.25, 0.3) is 0 Å². The highest BCUT2D eigenvalue weighted by Gasteiger charge is 2.26. The smallest absolute Gasteiger partial charge is 0.328 e. The van der Waals surface area contributed by atoms with E-state index in [1.54, 1.807) is 6.07 Å². The van der Waals surface area contributed by atoms with E-state index in [0.717, 1.165) is 6.04 Å². The molecule has 0 saturated carbocycles. The average Bonchev–Trinajstić information content (AvgIpc) is 2.16. The topological polar surface area (TPSA) is 72.5 Å². The molecule has 0 bridgehead atoms.